The lowest BCUT2D eigenvalue weighted by Gasteiger charge is -2.40. The largest absolute Gasteiger partial charge is 0.341 e. The van der Waals surface area contributed by atoms with Crippen molar-refractivity contribution in [2.45, 2.75) is 51.0 Å². The molecule has 1 unspecified atom stereocenters. The van der Waals surface area contributed by atoms with Crippen molar-refractivity contribution < 1.29 is 4.79 Å². The average molecular weight is 304 g/mol. The first-order chi connectivity index (χ1) is 10.8. The quantitative estimate of drug-likeness (QED) is 0.929. The van der Waals surface area contributed by atoms with Crippen LogP contribution >= 0.6 is 0 Å². The number of carbonyl (C=O) groups excluding carboxylic acids is 1. The van der Waals surface area contributed by atoms with Gasteiger partial charge in [0.2, 0.25) is 0 Å². The predicted molar refractivity (Wildman–Crippen MR) is 86.5 cm³/mol. The molecule has 0 saturated carbocycles. The average Bonchev–Trinajstić information content (AvgIpc) is 3.01. The van der Waals surface area contributed by atoms with E-state index in [0.29, 0.717) is 0 Å². The first-order valence-electron chi connectivity index (χ1n) is 8.76. The van der Waals surface area contributed by atoms with E-state index in [1.807, 2.05) is 16.9 Å². The van der Waals surface area contributed by atoms with Crippen molar-refractivity contribution in [2.24, 2.45) is 5.92 Å². The fraction of sp³-hybridized carbons (Fsp3) is 0.765. The van der Waals surface area contributed by atoms with Crippen LogP contribution < -0.4 is 5.32 Å². The van der Waals surface area contributed by atoms with E-state index in [4.69, 9.17) is 0 Å². The molecule has 1 atom stereocenters. The summed E-state index contributed by atoms with van der Waals surface area (Å²) in [6.07, 6.45) is 10.2. The molecule has 0 aromatic carbocycles. The van der Waals surface area contributed by atoms with E-state index in [1.54, 1.807) is 6.20 Å². The normalized spacial score (nSPS) is 25.7. The Balaban J connectivity index is 1.80. The first kappa shape index (κ1) is 15.5. The third kappa shape index (κ3) is 2.91. The van der Waals surface area contributed by atoms with Crippen LogP contribution in [0.4, 0.5) is 0 Å². The maximum absolute atomic E-state index is 13.4. The van der Waals surface area contributed by atoms with Crippen LogP contribution in [-0.2, 0) is 10.3 Å². The molecule has 0 radical (unpaired) electrons. The molecule has 1 amide bonds. The molecule has 2 fully saturated rings. The Hall–Kier alpha value is -1.36. The number of nitrogens with one attached hydrogen (secondary N) is 1. The van der Waals surface area contributed by atoms with Crippen LogP contribution in [0.2, 0.25) is 0 Å². The third-order valence-corrected chi connectivity index (χ3v) is 5.48. The molecule has 5 nitrogen and oxygen atoms in total. The Morgan fingerprint density at radius 2 is 2.14 bits per heavy atom. The van der Waals surface area contributed by atoms with Gasteiger partial charge in [0, 0.05) is 25.5 Å². The summed E-state index contributed by atoms with van der Waals surface area (Å²) in [4.78, 5) is 15.5. The van der Waals surface area contributed by atoms with Crippen molar-refractivity contribution in [2.75, 3.05) is 26.2 Å². The highest BCUT2D eigenvalue weighted by molar-refractivity contribution is 5.84. The standard InChI is InChI=1S/C17H28N4O/c1-2-15-5-3-12-20(14-6-15)16(22)17(7-10-18-11-8-17)21-13-4-9-19-21/h4,9,13,15,18H,2-3,5-8,10-12,14H2,1H3. The van der Waals surface area contributed by atoms with Gasteiger partial charge in [-0.3, -0.25) is 9.48 Å². The maximum Gasteiger partial charge on any atom is 0.250 e. The minimum atomic E-state index is -0.471. The van der Waals surface area contributed by atoms with E-state index >= 15 is 0 Å². The zero-order valence-corrected chi connectivity index (χ0v) is 13.6. The number of amides is 1. The molecule has 2 aliphatic rings. The number of aromatic nitrogens is 2. The lowest BCUT2D eigenvalue weighted by molar-refractivity contribution is -0.143. The third-order valence-electron chi connectivity index (χ3n) is 5.48. The van der Waals surface area contributed by atoms with Crippen molar-refractivity contribution in [3.8, 4) is 0 Å². The van der Waals surface area contributed by atoms with Crippen LogP contribution in [0.25, 0.3) is 0 Å². The van der Waals surface area contributed by atoms with Gasteiger partial charge in [0.1, 0.15) is 5.54 Å². The van der Waals surface area contributed by atoms with Crippen LogP contribution in [0, 0.1) is 5.92 Å². The molecule has 1 N–H and O–H groups in total. The number of hydrogen-bond acceptors (Lipinski definition) is 3. The summed E-state index contributed by atoms with van der Waals surface area (Å²) in [5.41, 5.74) is -0.471. The zero-order chi connectivity index (χ0) is 15.4. The summed E-state index contributed by atoms with van der Waals surface area (Å²) >= 11 is 0. The van der Waals surface area contributed by atoms with Crippen LogP contribution in [0.3, 0.4) is 0 Å². The Bertz CT molecular complexity index is 479. The second kappa shape index (κ2) is 6.82. The lowest BCUT2D eigenvalue weighted by Crippen LogP contribution is -2.56. The van der Waals surface area contributed by atoms with Gasteiger partial charge in [-0.05, 0) is 57.2 Å². The topological polar surface area (TPSA) is 50.2 Å². The van der Waals surface area contributed by atoms with E-state index < -0.39 is 5.54 Å². The Morgan fingerprint density at radius 3 is 2.82 bits per heavy atom. The Kier molecular flexibility index (Phi) is 4.81. The molecule has 0 bridgehead atoms. The fourth-order valence-corrected chi connectivity index (χ4v) is 3.97. The van der Waals surface area contributed by atoms with Crippen molar-refractivity contribution in [1.29, 1.82) is 0 Å². The summed E-state index contributed by atoms with van der Waals surface area (Å²) < 4.78 is 1.92. The van der Waals surface area contributed by atoms with Crippen molar-refractivity contribution in [3.05, 3.63) is 18.5 Å². The number of carbonyl (C=O) groups is 1. The fourth-order valence-electron chi connectivity index (χ4n) is 3.97. The summed E-state index contributed by atoms with van der Waals surface area (Å²) in [5, 5.41) is 7.80. The van der Waals surface area contributed by atoms with Gasteiger partial charge in [-0.25, -0.2) is 0 Å². The molecule has 22 heavy (non-hydrogen) atoms. The number of piperidine rings is 1. The maximum atomic E-state index is 13.4. The highest BCUT2D eigenvalue weighted by Gasteiger charge is 2.44. The SMILES string of the molecule is CCC1CCCN(C(=O)C2(n3cccn3)CCNCC2)CC1. The van der Waals surface area contributed by atoms with Gasteiger partial charge in [0.15, 0.2) is 0 Å². The molecule has 3 rings (SSSR count). The second-order valence-electron chi connectivity index (χ2n) is 6.73. The van der Waals surface area contributed by atoms with E-state index in [1.165, 1.54) is 12.8 Å². The van der Waals surface area contributed by atoms with E-state index in [2.05, 4.69) is 22.2 Å². The molecule has 3 heterocycles. The molecule has 122 valence electrons. The van der Waals surface area contributed by atoms with Crippen LogP contribution in [0.5, 0.6) is 0 Å². The summed E-state index contributed by atoms with van der Waals surface area (Å²) in [5.74, 6) is 1.07. The molecule has 1 aromatic rings. The van der Waals surface area contributed by atoms with E-state index in [9.17, 15) is 4.79 Å². The second-order valence-corrected chi connectivity index (χ2v) is 6.73. The first-order valence-corrected chi connectivity index (χ1v) is 8.76. The lowest BCUT2D eigenvalue weighted by atomic mass is 9.86. The van der Waals surface area contributed by atoms with Crippen LogP contribution in [-0.4, -0.2) is 46.8 Å². The number of hydrogen-bond donors (Lipinski definition) is 1. The molecular weight excluding hydrogens is 276 g/mol. The Morgan fingerprint density at radius 1 is 1.32 bits per heavy atom. The van der Waals surface area contributed by atoms with Gasteiger partial charge >= 0.3 is 0 Å². The van der Waals surface area contributed by atoms with Crippen molar-refractivity contribution >= 4 is 5.91 Å². The van der Waals surface area contributed by atoms with Gasteiger partial charge < -0.3 is 10.2 Å². The van der Waals surface area contributed by atoms with Crippen molar-refractivity contribution in [1.82, 2.24) is 20.0 Å². The molecule has 2 aliphatic heterocycles. The molecular formula is C17H28N4O. The minimum absolute atomic E-state index is 0.287. The Labute approximate surface area is 133 Å². The van der Waals surface area contributed by atoms with Gasteiger partial charge in [-0.2, -0.15) is 5.10 Å². The van der Waals surface area contributed by atoms with Gasteiger partial charge in [-0.1, -0.05) is 13.3 Å². The highest BCUT2D eigenvalue weighted by Crippen LogP contribution is 2.31. The summed E-state index contributed by atoms with van der Waals surface area (Å²) in [7, 11) is 0. The van der Waals surface area contributed by atoms with Crippen molar-refractivity contribution in [3.63, 3.8) is 0 Å². The van der Waals surface area contributed by atoms with Gasteiger partial charge in [0.25, 0.3) is 5.91 Å². The molecule has 0 aliphatic carbocycles. The molecule has 2 saturated heterocycles. The highest BCUT2D eigenvalue weighted by atomic mass is 16.2. The monoisotopic (exact) mass is 304 g/mol. The zero-order valence-electron chi connectivity index (χ0n) is 13.6. The molecule has 0 spiro atoms. The van der Waals surface area contributed by atoms with E-state index in [0.717, 1.165) is 57.8 Å². The summed E-state index contributed by atoms with van der Waals surface area (Å²) in [6, 6.07) is 1.92. The summed E-state index contributed by atoms with van der Waals surface area (Å²) in [6.45, 7) is 5.85. The predicted octanol–water partition coefficient (Wildman–Crippen LogP) is 2.00. The van der Waals surface area contributed by atoms with Crippen LogP contribution in [0.15, 0.2) is 18.5 Å². The number of likely N-dealkylation sites (tertiary alicyclic amines) is 1. The minimum Gasteiger partial charge on any atom is -0.341 e. The number of rotatable bonds is 3. The molecule has 1 aromatic heterocycles. The van der Waals surface area contributed by atoms with E-state index in [-0.39, 0.29) is 5.91 Å². The van der Waals surface area contributed by atoms with Gasteiger partial charge in [0.05, 0.1) is 0 Å². The number of nitrogens with zero attached hydrogens (tertiary/aromatic N) is 3. The van der Waals surface area contributed by atoms with Crippen LogP contribution in [0.1, 0.15) is 45.4 Å². The van der Waals surface area contributed by atoms with Gasteiger partial charge in [-0.15, -0.1) is 0 Å². The smallest absolute Gasteiger partial charge is 0.250 e. The molecule has 5 heteroatoms.